The van der Waals surface area contributed by atoms with Gasteiger partial charge in [0.05, 0.1) is 24.3 Å². The SMILES string of the molecule is COc1ccc(C(O)c2cc(Cl)c(OC)cc2Cl)cc1F. The van der Waals surface area contributed by atoms with E-state index in [2.05, 4.69) is 0 Å². The first kappa shape index (κ1) is 15.9. The Balaban J connectivity index is 2.42. The maximum absolute atomic E-state index is 13.7. The van der Waals surface area contributed by atoms with E-state index in [9.17, 15) is 9.50 Å². The van der Waals surface area contributed by atoms with Crippen LogP contribution in [-0.2, 0) is 0 Å². The Hall–Kier alpha value is -1.49. The molecule has 0 aliphatic carbocycles. The van der Waals surface area contributed by atoms with E-state index in [4.69, 9.17) is 32.7 Å². The Morgan fingerprint density at radius 3 is 2.24 bits per heavy atom. The van der Waals surface area contributed by atoms with Crippen molar-refractivity contribution in [3.63, 3.8) is 0 Å². The normalized spacial score (nSPS) is 12.1. The van der Waals surface area contributed by atoms with E-state index >= 15 is 0 Å². The van der Waals surface area contributed by atoms with E-state index in [1.165, 1.54) is 38.5 Å². The molecule has 2 aromatic carbocycles. The zero-order valence-corrected chi connectivity index (χ0v) is 12.9. The Morgan fingerprint density at radius 2 is 1.67 bits per heavy atom. The molecule has 0 bridgehead atoms. The van der Waals surface area contributed by atoms with Gasteiger partial charge in [-0.3, -0.25) is 0 Å². The lowest BCUT2D eigenvalue weighted by Crippen LogP contribution is -2.02. The van der Waals surface area contributed by atoms with Gasteiger partial charge >= 0.3 is 0 Å². The van der Waals surface area contributed by atoms with E-state index < -0.39 is 11.9 Å². The molecule has 0 aliphatic rings. The molecule has 0 radical (unpaired) electrons. The smallest absolute Gasteiger partial charge is 0.165 e. The molecule has 0 saturated heterocycles. The molecule has 0 amide bonds. The molecule has 2 aromatic rings. The number of aliphatic hydroxyl groups excluding tert-OH is 1. The van der Waals surface area contributed by atoms with Crippen molar-refractivity contribution in [2.75, 3.05) is 14.2 Å². The summed E-state index contributed by atoms with van der Waals surface area (Å²) in [5.74, 6) is -0.0619. The summed E-state index contributed by atoms with van der Waals surface area (Å²) in [6.45, 7) is 0. The van der Waals surface area contributed by atoms with Gasteiger partial charge in [-0.25, -0.2) is 4.39 Å². The summed E-state index contributed by atoms with van der Waals surface area (Å²) in [6.07, 6.45) is -1.11. The van der Waals surface area contributed by atoms with Gasteiger partial charge in [-0.1, -0.05) is 29.3 Å². The molecule has 3 nitrogen and oxygen atoms in total. The second-order valence-corrected chi connectivity index (χ2v) is 5.12. The molecule has 1 N–H and O–H groups in total. The van der Waals surface area contributed by atoms with Gasteiger partial charge in [0.2, 0.25) is 0 Å². The number of benzene rings is 2. The summed E-state index contributed by atoms with van der Waals surface area (Å²) in [7, 11) is 2.83. The first-order valence-corrected chi connectivity index (χ1v) is 6.78. The van der Waals surface area contributed by atoms with Crippen LogP contribution in [0.15, 0.2) is 30.3 Å². The van der Waals surface area contributed by atoms with Crippen LogP contribution >= 0.6 is 23.2 Å². The largest absolute Gasteiger partial charge is 0.495 e. The van der Waals surface area contributed by atoms with Crippen molar-refractivity contribution in [1.82, 2.24) is 0 Å². The summed E-state index contributed by atoms with van der Waals surface area (Å²) in [6, 6.07) is 7.18. The highest BCUT2D eigenvalue weighted by atomic mass is 35.5. The van der Waals surface area contributed by atoms with Gasteiger partial charge in [-0.2, -0.15) is 0 Å². The highest BCUT2D eigenvalue weighted by Crippen LogP contribution is 2.36. The molecular formula is C15H13Cl2FO3. The van der Waals surface area contributed by atoms with Crippen molar-refractivity contribution in [1.29, 1.82) is 0 Å². The molecule has 1 unspecified atom stereocenters. The van der Waals surface area contributed by atoms with Crippen molar-refractivity contribution in [2.24, 2.45) is 0 Å². The van der Waals surface area contributed by atoms with Crippen LogP contribution in [0.2, 0.25) is 10.0 Å². The number of rotatable bonds is 4. The van der Waals surface area contributed by atoms with Crippen LogP contribution in [0, 0.1) is 5.82 Å². The Bertz CT molecular complexity index is 662. The van der Waals surface area contributed by atoms with Gasteiger partial charge in [0, 0.05) is 11.6 Å². The third-order valence-corrected chi connectivity index (χ3v) is 3.68. The van der Waals surface area contributed by atoms with Crippen molar-refractivity contribution in [3.05, 3.63) is 57.3 Å². The van der Waals surface area contributed by atoms with Crippen LogP contribution in [0.3, 0.4) is 0 Å². The van der Waals surface area contributed by atoms with Gasteiger partial charge in [0.1, 0.15) is 11.9 Å². The average Bonchev–Trinajstić information content (AvgIpc) is 2.48. The predicted molar refractivity (Wildman–Crippen MR) is 80.0 cm³/mol. The molecule has 6 heteroatoms. The standard InChI is InChI=1S/C15H13Cl2FO3/c1-20-13-4-3-8(5-12(13)18)15(19)9-6-11(17)14(21-2)7-10(9)16/h3-7,15,19H,1-2H3. The zero-order valence-electron chi connectivity index (χ0n) is 11.4. The van der Waals surface area contributed by atoms with E-state index in [1.807, 2.05) is 0 Å². The Kier molecular flexibility index (Phi) is 4.93. The van der Waals surface area contributed by atoms with E-state index in [1.54, 1.807) is 6.07 Å². The van der Waals surface area contributed by atoms with Gasteiger partial charge in [0.15, 0.2) is 11.6 Å². The lowest BCUT2D eigenvalue weighted by atomic mass is 10.0. The molecule has 0 saturated carbocycles. The lowest BCUT2D eigenvalue weighted by molar-refractivity contribution is 0.219. The second-order valence-electron chi connectivity index (χ2n) is 4.30. The number of aliphatic hydroxyl groups is 1. The fourth-order valence-electron chi connectivity index (χ4n) is 1.94. The van der Waals surface area contributed by atoms with E-state index in [-0.39, 0.29) is 10.8 Å². The van der Waals surface area contributed by atoms with E-state index in [0.717, 1.165) is 0 Å². The maximum atomic E-state index is 13.7. The summed E-state index contributed by atoms with van der Waals surface area (Å²) in [5, 5.41) is 10.9. The number of halogens is 3. The van der Waals surface area contributed by atoms with Crippen molar-refractivity contribution < 1.29 is 19.0 Å². The van der Waals surface area contributed by atoms with Crippen LogP contribution in [-0.4, -0.2) is 19.3 Å². The monoisotopic (exact) mass is 330 g/mol. The first-order valence-electron chi connectivity index (χ1n) is 6.02. The van der Waals surface area contributed by atoms with Crippen molar-refractivity contribution >= 4 is 23.2 Å². The van der Waals surface area contributed by atoms with E-state index in [0.29, 0.717) is 21.9 Å². The summed E-state index contributed by atoms with van der Waals surface area (Å²) >= 11 is 12.1. The minimum Gasteiger partial charge on any atom is -0.495 e. The third kappa shape index (κ3) is 3.23. The summed E-state index contributed by atoms with van der Waals surface area (Å²) < 4.78 is 23.6. The van der Waals surface area contributed by atoms with Gasteiger partial charge in [-0.05, 0) is 23.8 Å². The summed E-state index contributed by atoms with van der Waals surface area (Å²) in [4.78, 5) is 0. The molecule has 0 aliphatic heterocycles. The molecule has 0 aromatic heterocycles. The molecule has 2 rings (SSSR count). The molecule has 0 spiro atoms. The summed E-state index contributed by atoms with van der Waals surface area (Å²) in [5.41, 5.74) is 0.712. The molecule has 0 heterocycles. The van der Waals surface area contributed by atoms with Crippen LogP contribution in [0.5, 0.6) is 11.5 Å². The predicted octanol–water partition coefficient (Wildman–Crippen LogP) is 4.23. The van der Waals surface area contributed by atoms with Gasteiger partial charge in [0.25, 0.3) is 0 Å². The van der Waals surface area contributed by atoms with Crippen LogP contribution < -0.4 is 9.47 Å². The molecule has 112 valence electrons. The van der Waals surface area contributed by atoms with Crippen LogP contribution in [0.4, 0.5) is 4.39 Å². The number of ether oxygens (including phenoxy) is 2. The first-order chi connectivity index (χ1) is 9.97. The minimum absolute atomic E-state index is 0.102. The average molecular weight is 331 g/mol. The molecular weight excluding hydrogens is 318 g/mol. The lowest BCUT2D eigenvalue weighted by Gasteiger charge is -2.16. The Labute approximate surface area is 131 Å². The quantitative estimate of drug-likeness (QED) is 0.911. The third-order valence-electron chi connectivity index (χ3n) is 3.06. The number of methoxy groups -OCH3 is 2. The maximum Gasteiger partial charge on any atom is 0.165 e. The van der Waals surface area contributed by atoms with Crippen LogP contribution in [0.1, 0.15) is 17.2 Å². The molecule has 1 atom stereocenters. The number of hydrogen-bond donors (Lipinski definition) is 1. The van der Waals surface area contributed by atoms with Gasteiger partial charge < -0.3 is 14.6 Å². The second kappa shape index (κ2) is 6.52. The van der Waals surface area contributed by atoms with Crippen LogP contribution in [0.25, 0.3) is 0 Å². The fraction of sp³-hybridized carbons (Fsp3) is 0.200. The van der Waals surface area contributed by atoms with Crippen molar-refractivity contribution in [2.45, 2.75) is 6.10 Å². The minimum atomic E-state index is -1.11. The van der Waals surface area contributed by atoms with Crippen molar-refractivity contribution in [3.8, 4) is 11.5 Å². The fourth-order valence-corrected chi connectivity index (χ4v) is 2.45. The zero-order chi connectivity index (χ0) is 15.6. The topological polar surface area (TPSA) is 38.7 Å². The highest BCUT2D eigenvalue weighted by Gasteiger charge is 2.18. The highest BCUT2D eigenvalue weighted by molar-refractivity contribution is 6.34. The number of hydrogen-bond acceptors (Lipinski definition) is 3. The Morgan fingerprint density at radius 1 is 1.00 bits per heavy atom. The molecule has 0 fully saturated rings. The van der Waals surface area contributed by atoms with Gasteiger partial charge in [-0.15, -0.1) is 0 Å². The molecule has 21 heavy (non-hydrogen) atoms.